The number of carbonyl (C=O) groups is 1. The predicted molar refractivity (Wildman–Crippen MR) is 91.6 cm³/mol. The van der Waals surface area contributed by atoms with Crippen LogP contribution >= 0.6 is 0 Å². The summed E-state index contributed by atoms with van der Waals surface area (Å²) in [6, 6.07) is 5.65. The number of H-pyrrole nitrogens is 1. The first-order chi connectivity index (χ1) is 12.2. The molecular formula is C17H24N6O2. The molecule has 1 unspecified atom stereocenters. The van der Waals surface area contributed by atoms with Gasteiger partial charge < -0.3 is 10.1 Å². The quantitative estimate of drug-likeness (QED) is 0.773. The van der Waals surface area contributed by atoms with E-state index in [4.69, 9.17) is 4.74 Å². The molecule has 1 fully saturated rings. The SMILES string of the molecule is CCCc1nc(C2CN(CC(=O)NCc3ccccn3)CCO2)n[nH]1. The standard InChI is InChI=1S/C17H24N6O2/c1-2-5-15-20-17(22-21-15)14-11-23(8-9-25-14)12-16(24)19-10-13-6-3-4-7-18-13/h3-4,6-7,14H,2,5,8-12H2,1H3,(H,19,24)(H,20,21,22). The fourth-order valence-corrected chi connectivity index (χ4v) is 2.76. The van der Waals surface area contributed by atoms with Gasteiger partial charge in [-0.15, -0.1) is 0 Å². The van der Waals surface area contributed by atoms with Crippen molar-refractivity contribution >= 4 is 5.91 Å². The van der Waals surface area contributed by atoms with Crippen molar-refractivity contribution in [2.24, 2.45) is 0 Å². The van der Waals surface area contributed by atoms with Crippen molar-refractivity contribution in [1.29, 1.82) is 0 Å². The summed E-state index contributed by atoms with van der Waals surface area (Å²) in [6.45, 7) is 4.77. The summed E-state index contributed by atoms with van der Waals surface area (Å²) in [7, 11) is 0. The Morgan fingerprint density at radius 3 is 3.20 bits per heavy atom. The van der Waals surface area contributed by atoms with Gasteiger partial charge in [-0.25, -0.2) is 4.98 Å². The summed E-state index contributed by atoms with van der Waals surface area (Å²) in [5.41, 5.74) is 0.847. The van der Waals surface area contributed by atoms with Crippen LogP contribution in [0.25, 0.3) is 0 Å². The monoisotopic (exact) mass is 344 g/mol. The molecule has 134 valence electrons. The molecule has 1 aliphatic rings. The number of ether oxygens (including phenoxy) is 1. The van der Waals surface area contributed by atoms with E-state index in [9.17, 15) is 4.79 Å². The number of hydrogen-bond donors (Lipinski definition) is 2. The lowest BCUT2D eigenvalue weighted by atomic mass is 10.2. The molecule has 8 nitrogen and oxygen atoms in total. The van der Waals surface area contributed by atoms with E-state index >= 15 is 0 Å². The number of nitrogens with zero attached hydrogens (tertiary/aromatic N) is 4. The largest absolute Gasteiger partial charge is 0.367 e. The summed E-state index contributed by atoms with van der Waals surface area (Å²) in [6.07, 6.45) is 3.42. The Labute approximate surface area is 147 Å². The zero-order valence-electron chi connectivity index (χ0n) is 14.4. The number of rotatable bonds is 7. The molecular weight excluding hydrogens is 320 g/mol. The average molecular weight is 344 g/mol. The maximum absolute atomic E-state index is 12.2. The van der Waals surface area contributed by atoms with Gasteiger partial charge in [-0.3, -0.25) is 19.8 Å². The van der Waals surface area contributed by atoms with Gasteiger partial charge in [0.1, 0.15) is 11.9 Å². The lowest BCUT2D eigenvalue weighted by Crippen LogP contribution is -2.44. The number of aryl methyl sites for hydroxylation is 1. The van der Waals surface area contributed by atoms with Crippen LogP contribution in [0.15, 0.2) is 24.4 Å². The Bertz CT molecular complexity index is 675. The molecule has 3 heterocycles. The Kier molecular flexibility index (Phi) is 6.08. The number of carbonyl (C=O) groups excluding carboxylic acids is 1. The van der Waals surface area contributed by atoms with Crippen LogP contribution in [0.5, 0.6) is 0 Å². The van der Waals surface area contributed by atoms with Crippen LogP contribution in [0.1, 0.15) is 36.8 Å². The third kappa shape index (κ3) is 5.07. The molecule has 1 amide bonds. The zero-order chi connectivity index (χ0) is 17.5. The molecule has 1 saturated heterocycles. The summed E-state index contributed by atoms with van der Waals surface area (Å²) >= 11 is 0. The van der Waals surface area contributed by atoms with Crippen LogP contribution < -0.4 is 5.32 Å². The van der Waals surface area contributed by atoms with Gasteiger partial charge in [-0.05, 0) is 18.6 Å². The Balaban J connectivity index is 1.48. The highest BCUT2D eigenvalue weighted by Gasteiger charge is 2.26. The Hall–Kier alpha value is -2.32. The van der Waals surface area contributed by atoms with Gasteiger partial charge in [0.25, 0.3) is 0 Å². The third-order valence-corrected chi connectivity index (χ3v) is 4.03. The van der Waals surface area contributed by atoms with E-state index in [0.29, 0.717) is 32.1 Å². The van der Waals surface area contributed by atoms with Crippen molar-refractivity contribution in [1.82, 2.24) is 30.4 Å². The van der Waals surface area contributed by atoms with Crippen LogP contribution in [0.2, 0.25) is 0 Å². The Morgan fingerprint density at radius 2 is 2.40 bits per heavy atom. The van der Waals surface area contributed by atoms with Crippen LogP contribution in [-0.4, -0.2) is 57.2 Å². The molecule has 8 heteroatoms. The number of aromatic amines is 1. The molecule has 1 atom stereocenters. The molecule has 2 aromatic heterocycles. The topological polar surface area (TPSA) is 96.0 Å². The van der Waals surface area contributed by atoms with E-state index in [1.165, 1.54) is 0 Å². The predicted octanol–water partition coefficient (Wildman–Crippen LogP) is 0.842. The number of amides is 1. The minimum atomic E-state index is -0.195. The van der Waals surface area contributed by atoms with Crippen LogP contribution in [-0.2, 0) is 22.5 Å². The lowest BCUT2D eigenvalue weighted by molar-refractivity contribution is -0.124. The van der Waals surface area contributed by atoms with Crippen LogP contribution in [0.4, 0.5) is 0 Å². The van der Waals surface area contributed by atoms with Crippen molar-refractivity contribution in [2.45, 2.75) is 32.4 Å². The van der Waals surface area contributed by atoms with Crippen molar-refractivity contribution in [3.8, 4) is 0 Å². The minimum Gasteiger partial charge on any atom is -0.367 e. The van der Waals surface area contributed by atoms with Crippen molar-refractivity contribution in [3.05, 3.63) is 41.7 Å². The first-order valence-corrected chi connectivity index (χ1v) is 8.66. The number of aromatic nitrogens is 4. The molecule has 3 rings (SSSR count). The third-order valence-electron chi connectivity index (χ3n) is 4.03. The van der Waals surface area contributed by atoms with Crippen molar-refractivity contribution in [3.63, 3.8) is 0 Å². The second kappa shape index (κ2) is 8.68. The molecule has 0 saturated carbocycles. The molecule has 1 aliphatic heterocycles. The molecule has 0 radical (unpaired) electrons. The number of hydrogen-bond acceptors (Lipinski definition) is 6. The average Bonchev–Trinajstić information content (AvgIpc) is 3.10. The molecule has 0 aromatic carbocycles. The van der Waals surface area contributed by atoms with E-state index in [0.717, 1.165) is 30.9 Å². The number of nitrogens with one attached hydrogen (secondary N) is 2. The molecule has 2 aromatic rings. The molecule has 2 N–H and O–H groups in total. The van der Waals surface area contributed by atoms with E-state index in [1.54, 1.807) is 6.20 Å². The van der Waals surface area contributed by atoms with Gasteiger partial charge in [0, 0.05) is 25.7 Å². The van der Waals surface area contributed by atoms with Gasteiger partial charge in [0.05, 0.1) is 25.4 Å². The van der Waals surface area contributed by atoms with Crippen LogP contribution in [0.3, 0.4) is 0 Å². The second-order valence-corrected chi connectivity index (χ2v) is 6.08. The Morgan fingerprint density at radius 1 is 1.48 bits per heavy atom. The van der Waals surface area contributed by atoms with Gasteiger partial charge in [-0.2, -0.15) is 5.10 Å². The van der Waals surface area contributed by atoms with Gasteiger partial charge in [-0.1, -0.05) is 13.0 Å². The minimum absolute atomic E-state index is 0.0204. The fourth-order valence-electron chi connectivity index (χ4n) is 2.76. The zero-order valence-corrected chi connectivity index (χ0v) is 14.4. The van der Waals surface area contributed by atoms with Gasteiger partial charge >= 0.3 is 0 Å². The van der Waals surface area contributed by atoms with Crippen molar-refractivity contribution in [2.75, 3.05) is 26.2 Å². The smallest absolute Gasteiger partial charge is 0.234 e. The molecule has 0 spiro atoms. The molecule has 0 bridgehead atoms. The van der Waals surface area contributed by atoms with E-state index in [2.05, 4.69) is 37.3 Å². The normalized spacial score (nSPS) is 18.2. The molecule has 25 heavy (non-hydrogen) atoms. The van der Waals surface area contributed by atoms with Crippen molar-refractivity contribution < 1.29 is 9.53 Å². The number of pyridine rings is 1. The second-order valence-electron chi connectivity index (χ2n) is 6.08. The fraction of sp³-hybridized carbons (Fsp3) is 0.529. The number of morpholine rings is 1. The van der Waals surface area contributed by atoms with Crippen LogP contribution in [0, 0.1) is 0 Å². The first kappa shape index (κ1) is 17.5. The highest BCUT2D eigenvalue weighted by atomic mass is 16.5. The first-order valence-electron chi connectivity index (χ1n) is 8.66. The highest BCUT2D eigenvalue weighted by Crippen LogP contribution is 2.19. The molecule has 0 aliphatic carbocycles. The highest BCUT2D eigenvalue weighted by molar-refractivity contribution is 5.77. The van der Waals surface area contributed by atoms with E-state index in [1.807, 2.05) is 18.2 Å². The summed E-state index contributed by atoms with van der Waals surface area (Å²) in [4.78, 5) is 22.9. The van der Waals surface area contributed by atoms with E-state index in [-0.39, 0.29) is 12.0 Å². The summed E-state index contributed by atoms with van der Waals surface area (Å²) in [5.74, 6) is 1.53. The van der Waals surface area contributed by atoms with E-state index < -0.39 is 0 Å². The van der Waals surface area contributed by atoms with Gasteiger partial charge in [0.2, 0.25) is 5.91 Å². The summed E-state index contributed by atoms with van der Waals surface area (Å²) < 4.78 is 5.77. The maximum atomic E-state index is 12.2. The maximum Gasteiger partial charge on any atom is 0.234 e. The summed E-state index contributed by atoms with van der Waals surface area (Å²) in [5, 5.41) is 10.1. The van der Waals surface area contributed by atoms with Gasteiger partial charge in [0.15, 0.2) is 5.82 Å². The lowest BCUT2D eigenvalue weighted by Gasteiger charge is -2.30.